The lowest BCUT2D eigenvalue weighted by Gasteiger charge is -2.09. The number of Topliss-reactive ketones (excluding diaryl/α,β-unsaturated/α-hetero) is 1. The molecule has 0 amide bonds. The van der Waals surface area contributed by atoms with Crippen LogP contribution in [-0.4, -0.2) is 19.1 Å². The predicted molar refractivity (Wildman–Crippen MR) is 55.5 cm³/mol. The second kappa shape index (κ2) is 4.67. The maximum absolute atomic E-state index is 12.8. The summed E-state index contributed by atoms with van der Waals surface area (Å²) in [7, 11) is 0. The van der Waals surface area contributed by atoms with Crippen LogP contribution in [0.5, 0.6) is 11.5 Å². The largest absolute Gasteiger partial charge is 0.454 e. The fourth-order valence-electron chi connectivity index (χ4n) is 1.65. The number of halogens is 2. The summed E-state index contributed by atoms with van der Waals surface area (Å²) in [6.07, 6.45) is -2.71. The van der Waals surface area contributed by atoms with Gasteiger partial charge in [-0.15, -0.1) is 0 Å². The van der Waals surface area contributed by atoms with Gasteiger partial charge in [-0.25, -0.2) is 8.78 Å². The summed E-state index contributed by atoms with van der Waals surface area (Å²) in [4.78, 5) is 11.7. The van der Waals surface area contributed by atoms with Gasteiger partial charge in [0.2, 0.25) is 6.79 Å². The summed E-state index contributed by atoms with van der Waals surface area (Å²) in [5.41, 5.74) is 4.85. The lowest BCUT2D eigenvalue weighted by atomic mass is 10.0. The molecule has 1 aromatic carbocycles. The number of nitrogens with two attached hydrogens (primary N) is 1. The first-order valence-electron chi connectivity index (χ1n) is 5.08. The van der Waals surface area contributed by atoms with E-state index in [9.17, 15) is 13.6 Å². The molecule has 1 aliphatic heterocycles. The van der Waals surface area contributed by atoms with E-state index in [1.165, 1.54) is 6.07 Å². The quantitative estimate of drug-likeness (QED) is 0.820. The molecule has 0 spiro atoms. The van der Waals surface area contributed by atoms with Gasteiger partial charge >= 0.3 is 0 Å². The molecule has 1 aromatic rings. The van der Waals surface area contributed by atoms with Crippen LogP contribution in [0.4, 0.5) is 8.78 Å². The van der Waals surface area contributed by atoms with Gasteiger partial charge in [0.25, 0.3) is 6.43 Å². The molecule has 17 heavy (non-hydrogen) atoms. The molecule has 2 rings (SSSR count). The molecule has 1 heterocycles. The molecule has 92 valence electrons. The van der Waals surface area contributed by atoms with Gasteiger partial charge in [0.05, 0.1) is 0 Å². The Labute approximate surface area is 96.3 Å². The monoisotopic (exact) mass is 243 g/mol. The van der Waals surface area contributed by atoms with Crippen molar-refractivity contribution in [3.05, 3.63) is 23.3 Å². The van der Waals surface area contributed by atoms with Gasteiger partial charge in [-0.3, -0.25) is 4.79 Å². The molecular weight excluding hydrogens is 232 g/mol. The molecule has 0 aromatic heterocycles. The third-order valence-corrected chi connectivity index (χ3v) is 2.45. The standard InChI is InChI=1S/C11H11F2NO3/c12-11(13)7-4-10-9(16-5-17-10)3-6(7)8(15)1-2-14/h3-4,11H,1-2,5,14H2. The molecule has 0 fully saturated rings. The molecule has 0 unspecified atom stereocenters. The van der Waals surface area contributed by atoms with Crippen molar-refractivity contribution in [3.8, 4) is 11.5 Å². The van der Waals surface area contributed by atoms with Crippen LogP contribution in [0.1, 0.15) is 28.8 Å². The third-order valence-electron chi connectivity index (χ3n) is 2.45. The Hall–Kier alpha value is -1.69. The Morgan fingerprint density at radius 1 is 1.35 bits per heavy atom. The van der Waals surface area contributed by atoms with Crippen molar-refractivity contribution in [2.75, 3.05) is 13.3 Å². The van der Waals surface area contributed by atoms with Crippen molar-refractivity contribution >= 4 is 5.78 Å². The lowest BCUT2D eigenvalue weighted by Crippen LogP contribution is -2.10. The van der Waals surface area contributed by atoms with Gasteiger partial charge in [-0.1, -0.05) is 0 Å². The molecular formula is C11H11F2NO3. The first-order valence-corrected chi connectivity index (χ1v) is 5.08. The van der Waals surface area contributed by atoms with Crippen LogP contribution >= 0.6 is 0 Å². The Morgan fingerprint density at radius 3 is 2.59 bits per heavy atom. The van der Waals surface area contributed by atoms with E-state index in [1.54, 1.807) is 0 Å². The minimum atomic E-state index is -2.73. The molecule has 0 atom stereocenters. The van der Waals surface area contributed by atoms with Crippen LogP contribution in [0.15, 0.2) is 12.1 Å². The molecule has 0 bridgehead atoms. The minimum absolute atomic E-state index is 0.0213. The van der Waals surface area contributed by atoms with Gasteiger partial charge in [-0.05, 0) is 18.7 Å². The molecule has 1 aliphatic rings. The average Bonchev–Trinajstić information content (AvgIpc) is 2.74. The first kappa shape index (κ1) is 11.8. The summed E-state index contributed by atoms with van der Waals surface area (Å²) < 4.78 is 35.7. The van der Waals surface area contributed by atoms with E-state index in [4.69, 9.17) is 15.2 Å². The Bertz CT molecular complexity index is 449. The van der Waals surface area contributed by atoms with Crippen LogP contribution in [-0.2, 0) is 0 Å². The number of alkyl halides is 2. The van der Waals surface area contributed by atoms with E-state index in [-0.39, 0.29) is 36.6 Å². The number of rotatable bonds is 4. The fraction of sp³-hybridized carbons (Fsp3) is 0.364. The summed E-state index contributed by atoms with van der Waals surface area (Å²) in [5, 5.41) is 0. The van der Waals surface area contributed by atoms with Gasteiger partial charge in [0.1, 0.15) is 0 Å². The zero-order chi connectivity index (χ0) is 12.4. The second-order valence-corrected chi connectivity index (χ2v) is 3.56. The molecule has 2 N–H and O–H groups in total. The zero-order valence-electron chi connectivity index (χ0n) is 8.91. The number of fused-ring (bicyclic) bond motifs is 1. The van der Waals surface area contributed by atoms with Crippen molar-refractivity contribution < 1.29 is 23.0 Å². The smallest absolute Gasteiger partial charge is 0.264 e. The Kier molecular flexibility index (Phi) is 3.23. The topological polar surface area (TPSA) is 61.6 Å². The predicted octanol–water partition coefficient (Wildman–Crippen LogP) is 1.88. The van der Waals surface area contributed by atoms with Crippen LogP contribution in [0.3, 0.4) is 0 Å². The summed E-state index contributed by atoms with van der Waals surface area (Å²) in [5.74, 6) is 0.139. The molecule has 0 saturated heterocycles. The van der Waals surface area contributed by atoms with Crippen LogP contribution in [0.2, 0.25) is 0 Å². The van der Waals surface area contributed by atoms with Crippen molar-refractivity contribution in [1.82, 2.24) is 0 Å². The summed E-state index contributed by atoms with van der Waals surface area (Å²) in [6, 6.07) is 2.44. The highest BCUT2D eigenvalue weighted by molar-refractivity contribution is 5.98. The van der Waals surface area contributed by atoms with Gasteiger partial charge in [0, 0.05) is 17.5 Å². The highest BCUT2D eigenvalue weighted by Crippen LogP contribution is 2.38. The molecule has 6 heteroatoms. The number of hydrogen-bond acceptors (Lipinski definition) is 4. The zero-order valence-corrected chi connectivity index (χ0v) is 8.91. The van der Waals surface area contributed by atoms with Crippen LogP contribution < -0.4 is 15.2 Å². The third kappa shape index (κ3) is 2.21. The average molecular weight is 243 g/mol. The van der Waals surface area contributed by atoms with E-state index in [0.717, 1.165) is 6.07 Å². The van der Waals surface area contributed by atoms with Crippen molar-refractivity contribution in [2.24, 2.45) is 5.73 Å². The number of benzene rings is 1. The van der Waals surface area contributed by atoms with Crippen molar-refractivity contribution in [1.29, 1.82) is 0 Å². The van der Waals surface area contributed by atoms with Crippen molar-refractivity contribution in [3.63, 3.8) is 0 Å². The van der Waals surface area contributed by atoms with Crippen molar-refractivity contribution in [2.45, 2.75) is 12.8 Å². The van der Waals surface area contributed by atoms with Crippen LogP contribution in [0.25, 0.3) is 0 Å². The SMILES string of the molecule is NCCC(=O)c1cc2c(cc1C(F)F)OCO2. The van der Waals surface area contributed by atoms with E-state index in [2.05, 4.69) is 0 Å². The Morgan fingerprint density at radius 2 is 2.00 bits per heavy atom. The normalized spacial score (nSPS) is 13.2. The molecule has 0 radical (unpaired) electrons. The van der Waals surface area contributed by atoms with Gasteiger partial charge in [-0.2, -0.15) is 0 Å². The van der Waals surface area contributed by atoms with E-state index in [1.807, 2.05) is 0 Å². The summed E-state index contributed by atoms with van der Waals surface area (Å²) in [6.45, 7) is 0.0997. The maximum atomic E-state index is 12.8. The van der Waals surface area contributed by atoms with Gasteiger partial charge in [0.15, 0.2) is 17.3 Å². The molecule has 0 aliphatic carbocycles. The van der Waals surface area contributed by atoms with E-state index in [0.29, 0.717) is 5.75 Å². The first-order chi connectivity index (χ1) is 8.13. The maximum Gasteiger partial charge on any atom is 0.264 e. The fourth-order valence-corrected chi connectivity index (χ4v) is 1.65. The van der Waals surface area contributed by atoms with E-state index >= 15 is 0 Å². The van der Waals surface area contributed by atoms with E-state index < -0.39 is 12.2 Å². The number of carbonyl (C=O) groups excluding carboxylic acids is 1. The van der Waals surface area contributed by atoms with Gasteiger partial charge < -0.3 is 15.2 Å². The number of carbonyl (C=O) groups is 1. The highest BCUT2D eigenvalue weighted by Gasteiger charge is 2.24. The molecule has 4 nitrogen and oxygen atoms in total. The van der Waals surface area contributed by atoms with Crippen LogP contribution in [0, 0.1) is 0 Å². The number of ketones is 1. The molecule has 0 saturated carbocycles. The second-order valence-electron chi connectivity index (χ2n) is 3.56. The highest BCUT2D eigenvalue weighted by atomic mass is 19.3. The minimum Gasteiger partial charge on any atom is -0.454 e. The summed E-state index contributed by atoms with van der Waals surface area (Å²) >= 11 is 0. The number of ether oxygens (including phenoxy) is 2. The Balaban J connectivity index is 2.45. The lowest BCUT2D eigenvalue weighted by molar-refractivity contribution is 0.0971. The number of hydrogen-bond donors (Lipinski definition) is 1.